The third-order valence-corrected chi connectivity index (χ3v) is 7.45. The Morgan fingerprint density at radius 3 is 1.70 bits per heavy atom. The number of carbonyl (C=O) groups is 2. The number of benzene rings is 4. The van der Waals surface area contributed by atoms with Crippen LogP contribution < -0.4 is 5.32 Å². The molecule has 1 amide bonds. The molecule has 0 saturated heterocycles. The van der Waals surface area contributed by atoms with Crippen molar-refractivity contribution < 1.29 is 41.7 Å². The van der Waals surface area contributed by atoms with Gasteiger partial charge in [0.05, 0.1) is 25.4 Å². The smallest absolute Gasteiger partial charge is 0.432 e. The molecule has 10 heteroatoms. The monoisotopic (exact) mass is 635 g/mol. The summed E-state index contributed by atoms with van der Waals surface area (Å²) in [4.78, 5) is 26.8. The van der Waals surface area contributed by atoms with Crippen LogP contribution in [0.5, 0.6) is 0 Å². The minimum absolute atomic E-state index is 0.0134. The number of halogens is 3. The van der Waals surface area contributed by atoms with E-state index in [1.807, 2.05) is 60.7 Å². The molecule has 0 unspecified atom stereocenters. The van der Waals surface area contributed by atoms with E-state index in [4.69, 9.17) is 18.9 Å². The zero-order valence-electron chi connectivity index (χ0n) is 25.5. The lowest BCUT2D eigenvalue weighted by Gasteiger charge is -2.35. The molecule has 0 bridgehead atoms. The Balaban J connectivity index is 1.65. The second-order valence-corrected chi connectivity index (χ2v) is 10.5. The first-order valence-electron chi connectivity index (χ1n) is 14.7. The summed E-state index contributed by atoms with van der Waals surface area (Å²) in [6.45, 7) is 1.25. The van der Waals surface area contributed by atoms with Gasteiger partial charge in [-0.15, -0.1) is 0 Å². The largest absolute Gasteiger partial charge is 0.460 e. The summed E-state index contributed by atoms with van der Waals surface area (Å²) in [6.07, 6.45) is -7.04. The van der Waals surface area contributed by atoms with Crippen molar-refractivity contribution in [1.82, 2.24) is 5.32 Å². The van der Waals surface area contributed by atoms with Crippen LogP contribution in [-0.2, 0) is 42.6 Å². The van der Waals surface area contributed by atoms with Gasteiger partial charge in [-0.1, -0.05) is 109 Å². The van der Waals surface area contributed by atoms with Gasteiger partial charge in [0.2, 0.25) is 0 Å². The normalized spacial score (nSPS) is 14.8. The Kier molecular flexibility index (Phi) is 12.1. The van der Waals surface area contributed by atoms with Gasteiger partial charge < -0.3 is 24.3 Å². The summed E-state index contributed by atoms with van der Waals surface area (Å²) in [7, 11) is 0.799. The second kappa shape index (κ2) is 16.2. The van der Waals surface area contributed by atoms with Crippen LogP contribution in [0.4, 0.5) is 13.2 Å². The van der Waals surface area contributed by atoms with Crippen LogP contribution in [0.2, 0.25) is 0 Å². The van der Waals surface area contributed by atoms with Gasteiger partial charge in [-0.3, -0.25) is 4.79 Å². The fourth-order valence-corrected chi connectivity index (χ4v) is 4.92. The molecule has 0 aromatic heterocycles. The molecule has 4 atom stereocenters. The number of alkyl halides is 3. The summed E-state index contributed by atoms with van der Waals surface area (Å²) in [5.74, 6) is -2.14. The van der Waals surface area contributed by atoms with Crippen molar-refractivity contribution >= 4 is 11.9 Å². The molecule has 1 N–H and O–H groups in total. The van der Waals surface area contributed by atoms with Gasteiger partial charge in [0, 0.05) is 18.2 Å². The van der Waals surface area contributed by atoms with Crippen LogP contribution in [-0.4, -0.2) is 50.0 Å². The lowest BCUT2D eigenvalue weighted by Crippen LogP contribution is -2.55. The van der Waals surface area contributed by atoms with E-state index in [0.717, 1.165) is 30.4 Å². The molecule has 0 spiro atoms. The molecule has 0 saturated carbocycles. The Labute approximate surface area is 266 Å². The summed E-state index contributed by atoms with van der Waals surface area (Å²) in [6, 6.07) is 32.4. The van der Waals surface area contributed by atoms with Crippen LogP contribution in [0.3, 0.4) is 0 Å². The highest BCUT2D eigenvalue weighted by molar-refractivity contribution is 5.94. The number of esters is 1. The molecule has 7 nitrogen and oxygen atoms in total. The van der Waals surface area contributed by atoms with Gasteiger partial charge in [0.1, 0.15) is 12.7 Å². The van der Waals surface area contributed by atoms with Crippen molar-refractivity contribution in [1.29, 1.82) is 0 Å². The first-order valence-corrected chi connectivity index (χ1v) is 14.7. The quantitative estimate of drug-likeness (QED) is 0.148. The minimum Gasteiger partial charge on any atom is -0.460 e. The van der Waals surface area contributed by atoms with E-state index in [0.29, 0.717) is 5.56 Å². The SMILES string of the molecule is CO[C@@](C(=O)OC[C@@H](OCc1ccccc1)[C@H](NC(=O)c1ccccc1)[C@H](C)OCc1ccccc1)(c1ccccc1)C(F)(F)F. The number of hydrogen-bond acceptors (Lipinski definition) is 6. The van der Waals surface area contributed by atoms with Crippen LogP contribution in [0.25, 0.3) is 0 Å². The molecule has 4 rings (SSSR count). The summed E-state index contributed by atoms with van der Waals surface area (Å²) in [5.41, 5.74) is -1.85. The van der Waals surface area contributed by atoms with Crippen molar-refractivity contribution in [2.75, 3.05) is 13.7 Å². The number of ether oxygens (including phenoxy) is 4. The van der Waals surface area contributed by atoms with Gasteiger partial charge in [-0.25, -0.2) is 4.79 Å². The predicted molar refractivity (Wildman–Crippen MR) is 166 cm³/mol. The van der Waals surface area contributed by atoms with E-state index in [2.05, 4.69) is 5.32 Å². The fraction of sp³-hybridized carbons (Fsp3) is 0.278. The van der Waals surface area contributed by atoms with Crippen LogP contribution in [0, 0.1) is 0 Å². The van der Waals surface area contributed by atoms with Crippen molar-refractivity contribution in [3.63, 3.8) is 0 Å². The average molecular weight is 636 g/mol. The maximum atomic E-state index is 14.6. The van der Waals surface area contributed by atoms with Gasteiger partial charge in [-0.2, -0.15) is 13.2 Å². The second-order valence-electron chi connectivity index (χ2n) is 10.5. The van der Waals surface area contributed by atoms with E-state index in [9.17, 15) is 22.8 Å². The highest BCUT2D eigenvalue weighted by Crippen LogP contribution is 2.43. The van der Waals surface area contributed by atoms with Gasteiger partial charge in [-0.05, 0) is 30.2 Å². The molecule has 0 fully saturated rings. The molecule has 0 aliphatic rings. The van der Waals surface area contributed by atoms with Crippen LogP contribution >= 0.6 is 0 Å². The number of hydrogen-bond donors (Lipinski definition) is 1. The highest BCUT2D eigenvalue weighted by atomic mass is 19.4. The molecule has 4 aromatic carbocycles. The first-order chi connectivity index (χ1) is 22.2. The van der Waals surface area contributed by atoms with Crippen molar-refractivity contribution in [2.45, 2.75) is 50.2 Å². The molecule has 0 aliphatic heterocycles. The molecule has 4 aromatic rings. The lowest BCUT2D eigenvalue weighted by molar-refractivity contribution is -0.277. The number of carbonyl (C=O) groups excluding carboxylic acids is 2. The number of amides is 1. The van der Waals surface area contributed by atoms with E-state index >= 15 is 0 Å². The molecule has 46 heavy (non-hydrogen) atoms. The Morgan fingerprint density at radius 1 is 0.717 bits per heavy atom. The predicted octanol–water partition coefficient (Wildman–Crippen LogP) is 6.62. The van der Waals surface area contributed by atoms with Crippen molar-refractivity contribution in [2.24, 2.45) is 0 Å². The highest BCUT2D eigenvalue weighted by Gasteiger charge is 2.64. The maximum Gasteiger partial charge on any atom is 0.432 e. The van der Waals surface area contributed by atoms with Gasteiger partial charge in [0.15, 0.2) is 0 Å². The molecule has 0 radical (unpaired) electrons. The Morgan fingerprint density at radius 2 is 1.20 bits per heavy atom. The molecule has 242 valence electrons. The van der Waals surface area contributed by atoms with E-state index in [1.165, 1.54) is 18.2 Å². The maximum absolute atomic E-state index is 14.6. The lowest BCUT2D eigenvalue weighted by atomic mass is 9.92. The minimum atomic E-state index is -5.16. The third-order valence-electron chi connectivity index (χ3n) is 7.45. The zero-order valence-corrected chi connectivity index (χ0v) is 25.5. The van der Waals surface area contributed by atoms with E-state index < -0.39 is 54.1 Å². The molecular weight excluding hydrogens is 599 g/mol. The Hall–Kier alpha value is -4.51. The number of methoxy groups -OCH3 is 1. The molecular formula is C36H36F3NO6. The summed E-state index contributed by atoms with van der Waals surface area (Å²) in [5, 5.41) is 2.91. The third kappa shape index (κ3) is 8.60. The van der Waals surface area contributed by atoms with Gasteiger partial charge >= 0.3 is 12.1 Å². The Bertz CT molecular complexity index is 1510. The summed E-state index contributed by atoms with van der Waals surface area (Å²) >= 11 is 0. The summed E-state index contributed by atoms with van der Waals surface area (Å²) < 4.78 is 66.4. The first kappa shape index (κ1) is 34.4. The zero-order chi connectivity index (χ0) is 33.0. The van der Waals surface area contributed by atoms with Gasteiger partial charge in [0.25, 0.3) is 11.5 Å². The van der Waals surface area contributed by atoms with E-state index in [-0.39, 0.29) is 13.2 Å². The number of nitrogens with one attached hydrogen (secondary N) is 1. The van der Waals surface area contributed by atoms with Crippen LogP contribution in [0.1, 0.15) is 34.0 Å². The van der Waals surface area contributed by atoms with Crippen molar-refractivity contribution in [3.05, 3.63) is 144 Å². The van der Waals surface area contributed by atoms with E-state index in [1.54, 1.807) is 37.3 Å². The molecule has 0 heterocycles. The molecule has 0 aliphatic carbocycles. The van der Waals surface area contributed by atoms with Crippen LogP contribution in [0.15, 0.2) is 121 Å². The average Bonchev–Trinajstić information content (AvgIpc) is 3.08. The fourth-order valence-electron chi connectivity index (χ4n) is 4.92. The van der Waals surface area contributed by atoms with Crippen molar-refractivity contribution in [3.8, 4) is 0 Å². The standard InChI is InChI=1S/C36H36F3NO6/c1-26(44-23-27-15-7-3-8-16-27)32(40-33(41)29-19-11-5-12-20-29)31(45-24-28-17-9-4-10-18-28)25-46-34(42)35(43-2,36(37,38)39)30-21-13-6-14-22-30/h3-22,26,31-32H,23-25H2,1-2H3,(H,40,41)/t26-,31+,32+,35+/m0/s1. The topological polar surface area (TPSA) is 83.1 Å². The number of rotatable bonds is 15.